The van der Waals surface area contributed by atoms with Crippen molar-refractivity contribution in [2.45, 2.75) is 65.9 Å². The Kier molecular flexibility index (Phi) is 9.10. The molecule has 0 bridgehead atoms. The second-order valence-corrected chi connectivity index (χ2v) is 8.25. The molecular weight excluding hydrogens is 372 g/mol. The summed E-state index contributed by atoms with van der Waals surface area (Å²) >= 11 is 0. The van der Waals surface area contributed by atoms with Crippen molar-refractivity contribution in [2.24, 2.45) is 0 Å². The number of aromatic nitrogens is 1. The van der Waals surface area contributed by atoms with Crippen molar-refractivity contribution in [2.75, 3.05) is 13.1 Å². The Hall–Kier alpha value is -2.62. The minimum atomic E-state index is 0.114. The average molecular weight is 409 g/mol. The molecule has 0 atom stereocenters. The first kappa shape index (κ1) is 23.7. The molecule has 1 aliphatic heterocycles. The number of piperidine rings is 1. The van der Waals surface area contributed by atoms with Gasteiger partial charge in [0.15, 0.2) is 0 Å². The van der Waals surface area contributed by atoms with Crippen molar-refractivity contribution in [3.63, 3.8) is 0 Å². The summed E-state index contributed by atoms with van der Waals surface area (Å²) in [5.41, 5.74) is 5.81. The molecule has 4 nitrogen and oxygen atoms in total. The van der Waals surface area contributed by atoms with Gasteiger partial charge in [0.05, 0.1) is 6.20 Å². The first-order chi connectivity index (χ1) is 14.3. The predicted octanol–water partition coefficient (Wildman–Crippen LogP) is 6.12. The van der Waals surface area contributed by atoms with Gasteiger partial charge < -0.3 is 9.64 Å². The molecule has 1 aromatic heterocycles. The Morgan fingerprint density at radius 3 is 2.50 bits per heavy atom. The van der Waals surface area contributed by atoms with Crippen molar-refractivity contribution in [1.29, 1.82) is 0 Å². The number of hydrogen-bond donors (Lipinski definition) is 0. The largest absolute Gasteiger partial charge is 0.489 e. The molecule has 0 radical (unpaired) electrons. The molecule has 0 N–H and O–H groups in total. The van der Waals surface area contributed by atoms with E-state index in [1.54, 1.807) is 6.20 Å². The number of allylic oxidation sites excluding steroid dienone is 6. The highest BCUT2D eigenvalue weighted by molar-refractivity contribution is 5.76. The number of nitrogens with zero attached hydrogens (tertiary/aromatic N) is 2. The highest BCUT2D eigenvalue weighted by atomic mass is 16.5. The number of likely N-dealkylation sites (tertiary alicyclic amines) is 1. The van der Waals surface area contributed by atoms with Gasteiger partial charge in [0.1, 0.15) is 11.9 Å². The Labute approximate surface area is 182 Å². The molecule has 1 aliphatic rings. The van der Waals surface area contributed by atoms with E-state index in [0.717, 1.165) is 55.7 Å². The molecule has 0 unspecified atom stereocenters. The number of carbonyl (C=O) groups is 1. The van der Waals surface area contributed by atoms with Gasteiger partial charge in [-0.3, -0.25) is 9.78 Å². The summed E-state index contributed by atoms with van der Waals surface area (Å²) in [6.07, 6.45) is 12.0. The Morgan fingerprint density at radius 2 is 1.93 bits per heavy atom. The molecule has 0 spiro atoms. The summed E-state index contributed by atoms with van der Waals surface area (Å²) in [4.78, 5) is 18.2. The highest BCUT2D eigenvalue weighted by Crippen LogP contribution is 2.26. The number of hydrogen-bond acceptors (Lipinski definition) is 3. The molecule has 1 fully saturated rings. The summed E-state index contributed by atoms with van der Waals surface area (Å²) in [6, 6.07) is 2.03. The molecule has 1 aromatic rings. The van der Waals surface area contributed by atoms with Crippen molar-refractivity contribution in [1.82, 2.24) is 9.88 Å². The summed E-state index contributed by atoms with van der Waals surface area (Å²) in [6.45, 7) is 17.8. The van der Waals surface area contributed by atoms with Crippen LogP contribution in [0.4, 0.5) is 0 Å². The van der Waals surface area contributed by atoms with Gasteiger partial charge >= 0.3 is 0 Å². The van der Waals surface area contributed by atoms with Crippen molar-refractivity contribution in [3.8, 4) is 5.75 Å². The van der Waals surface area contributed by atoms with Crippen LogP contribution in [0.2, 0.25) is 0 Å². The van der Waals surface area contributed by atoms with Crippen LogP contribution in [0.25, 0.3) is 5.57 Å². The van der Waals surface area contributed by atoms with E-state index in [9.17, 15) is 4.79 Å². The summed E-state index contributed by atoms with van der Waals surface area (Å²) in [7, 11) is 0. The van der Waals surface area contributed by atoms with Crippen molar-refractivity contribution in [3.05, 3.63) is 66.1 Å². The maximum absolute atomic E-state index is 11.9. The number of carbonyl (C=O) groups excluding carboxylic acids is 1. The molecule has 0 aliphatic carbocycles. The van der Waals surface area contributed by atoms with E-state index in [2.05, 4.69) is 45.0 Å². The molecule has 2 heterocycles. The van der Waals surface area contributed by atoms with Crippen LogP contribution in [0, 0.1) is 0 Å². The number of pyridine rings is 1. The second kappa shape index (κ2) is 11.5. The molecule has 1 amide bonds. The zero-order valence-corrected chi connectivity index (χ0v) is 19.0. The van der Waals surface area contributed by atoms with E-state index >= 15 is 0 Å². The quantitative estimate of drug-likeness (QED) is 0.365. The molecule has 30 heavy (non-hydrogen) atoms. The van der Waals surface area contributed by atoms with E-state index < -0.39 is 0 Å². The van der Waals surface area contributed by atoms with Crippen LogP contribution in [0.15, 0.2) is 60.5 Å². The highest BCUT2D eigenvalue weighted by Gasteiger charge is 2.23. The van der Waals surface area contributed by atoms with Gasteiger partial charge in [0.25, 0.3) is 0 Å². The second-order valence-electron chi connectivity index (χ2n) is 8.25. The Bertz CT molecular complexity index is 823. The van der Waals surface area contributed by atoms with Gasteiger partial charge in [-0.05, 0) is 50.8 Å². The lowest BCUT2D eigenvalue weighted by molar-refractivity contribution is -0.132. The van der Waals surface area contributed by atoms with Crippen LogP contribution in [0.1, 0.15) is 65.4 Å². The number of ether oxygens (including phenoxy) is 1. The standard InChI is InChI=1S/C26H36N2O2/c1-7-21(15-22(20(5)6)10-9-19(3)4)23-16-25(18-27-17-23)30-24-11-13-28(14-12-24)26(29)8-2/h7,15-18,24H,1,3,8-14H2,2,4-6H3/b21-15+. The fourth-order valence-electron chi connectivity index (χ4n) is 3.54. The van der Waals surface area contributed by atoms with Gasteiger partial charge in [-0.15, -0.1) is 6.58 Å². The van der Waals surface area contributed by atoms with Gasteiger partial charge in [0.2, 0.25) is 5.91 Å². The topological polar surface area (TPSA) is 42.4 Å². The van der Waals surface area contributed by atoms with E-state index in [-0.39, 0.29) is 12.0 Å². The minimum absolute atomic E-state index is 0.114. The Morgan fingerprint density at radius 1 is 1.23 bits per heavy atom. The van der Waals surface area contributed by atoms with Gasteiger partial charge in [-0.25, -0.2) is 0 Å². The van der Waals surface area contributed by atoms with E-state index in [4.69, 9.17) is 4.74 Å². The van der Waals surface area contributed by atoms with Gasteiger partial charge in [0, 0.05) is 44.1 Å². The van der Waals surface area contributed by atoms with Gasteiger partial charge in [-0.2, -0.15) is 0 Å². The SMILES string of the molecule is C=C/C(=C\C(CCC(=C)C)=C(C)C)c1cncc(OC2CCN(C(=O)CC)CC2)c1. The molecule has 162 valence electrons. The average Bonchev–Trinajstić information content (AvgIpc) is 2.73. The fraction of sp³-hybridized carbons (Fsp3) is 0.462. The third kappa shape index (κ3) is 7.01. The van der Waals surface area contributed by atoms with E-state index in [1.807, 2.05) is 30.2 Å². The molecule has 0 saturated carbocycles. The van der Waals surface area contributed by atoms with Crippen LogP contribution >= 0.6 is 0 Å². The van der Waals surface area contributed by atoms with E-state index in [1.165, 1.54) is 16.7 Å². The maximum atomic E-state index is 11.9. The zero-order chi connectivity index (χ0) is 22.1. The summed E-state index contributed by atoms with van der Waals surface area (Å²) < 4.78 is 6.20. The predicted molar refractivity (Wildman–Crippen MR) is 125 cm³/mol. The zero-order valence-electron chi connectivity index (χ0n) is 19.0. The van der Waals surface area contributed by atoms with Crippen LogP contribution in [-0.2, 0) is 4.79 Å². The molecule has 2 rings (SSSR count). The minimum Gasteiger partial charge on any atom is -0.489 e. The van der Waals surface area contributed by atoms with Crippen LogP contribution < -0.4 is 4.74 Å². The summed E-state index contributed by atoms with van der Waals surface area (Å²) in [5, 5.41) is 0. The first-order valence-corrected chi connectivity index (χ1v) is 10.9. The van der Waals surface area contributed by atoms with Crippen molar-refractivity contribution >= 4 is 11.5 Å². The smallest absolute Gasteiger partial charge is 0.222 e. The molecule has 0 aromatic carbocycles. The third-order valence-electron chi connectivity index (χ3n) is 5.46. The van der Waals surface area contributed by atoms with Crippen LogP contribution in [0.3, 0.4) is 0 Å². The van der Waals surface area contributed by atoms with Crippen LogP contribution in [0.5, 0.6) is 5.75 Å². The normalized spacial score (nSPS) is 14.9. The monoisotopic (exact) mass is 408 g/mol. The lowest BCUT2D eigenvalue weighted by Gasteiger charge is -2.32. The van der Waals surface area contributed by atoms with Crippen molar-refractivity contribution < 1.29 is 9.53 Å². The third-order valence-corrected chi connectivity index (χ3v) is 5.46. The lowest BCUT2D eigenvalue weighted by atomic mass is 9.97. The van der Waals surface area contributed by atoms with Gasteiger partial charge in [-0.1, -0.05) is 36.8 Å². The molecular formula is C26H36N2O2. The summed E-state index contributed by atoms with van der Waals surface area (Å²) in [5.74, 6) is 0.987. The van der Waals surface area contributed by atoms with E-state index in [0.29, 0.717) is 6.42 Å². The molecule has 1 saturated heterocycles. The van der Waals surface area contributed by atoms with Crippen LogP contribution in [-0.4, -0.2) is 35.0 Å². The fourth-order valence-corrected chi connectivity index (χ4v) is 3.54. The Balaban J connectivity index is 2.11. The molecule has 4 heteroatoms. The number of rotatable bonds is 9. The maximum Gasteiger partial charge on any atom is 0.222 e. The first-order valence-electron chi connectivity index (χ1n) is 10.9. The lowest BCUT2D eigenvalue weighted by Crippen LogP contribution is -2.41. The number of amides is 1.